The molecule has 1 aliphatic heterocycles. The zero-order valence-corrected chi connectivity index (χ0v) is 32.2. The zero-order valence-electron chi connectivity index (χ0n) is 30.6. The molecule has 8 nitrogen and oxygen atoms in total. The van der Waals surface area contributed by atoms with Crippen LogP contribution < -0.4 is 16.0 Å². The molecule has 1 aromatic heterocycles. The Morgan fingerprint density at radius 2 is 1.65 bits per heavy atom. The summed E-state index contributed by atoms with van der Waals surface area (Å²) in [7, 11) is 0. The molecule has 5 aromatic rings. The van der Waals surface area contributed by atoms with Crippen molar-refractivity contribution in [3.05, 3.63) is 153 Å². The van der Waals surface area contributed by atoms with Gasteiger partial charge in [-0.1, -0.05) is 99.6 Å². The summed E-state index contributed by atoms with van der Waals surface area (Å²) in [5, 5.41) is 19.1. The van der Waals surface area contributed by atoms with E-state index in [0.29, 0.717) is 34.2 Å². The van der Waals surface area contributed by atoms with Crippen molar-refractivity contribution in [2.75, 3.05) is 17.2 Å². The molecule has 274 valence electrons. The molecule has 1 atom stereocenters. The predicted molar refractivity (Wildman–Crippen MR) is 219 cm³/mol. The number of carbonyl (C=O) groups is 3. The minimum Gasteiger partial charge on any atom is -0.321 e. The highest BCUT2D eigenvalue weighted by Gasteiger charge is 2.27. The van der Waals surface area contributed by atoms with Gasteiger partial charge in [-0.3, -0.25) is 19.3 Å². The summed E-state index contributed by atoms with van der Waals surface area (Å²) in [6, 6.07) is 36.6. The molecule has 2 heterocycles. The van der Waals surface area contributed by atoms with Gasteiger partial charge in [0.05, 0.1) is 10.8 Å². The van der Waals surface area contributed by atoms with E-state index in [2.05, 4.69) is 52.9 Å². The number of anilines is 2. The van der Waals surface area contributed by atoms with Crippen molar-refractivity contribution >= 4 is 57.6 Å². The molecule has 0 bridgehead atoms. The van der Waals surface area contributed by atoms with Crippen molar-refractivity contribution in [3.8, 4) is 6.07 Å². The molecule has 6 rings (SSSR count). The van der Waals surface area contributed by atoms with Gasteiger partial charge in [0.2, 0.25) is 5.91 Å². The summed E-state index contributed by atoms with van der Waals surface area (Å²) in [4.78, 5) is 44.8. The number of fused-ring (bicyclic) bond motifs is 1. The second kappa shape index (κ2) is 18.0. The van der Waals surface area contributed by atoms with Crippen LogP contribution >= 0.6 is 23.1 Å². The maximum atomic E-state index is 13.7. The summed E-state index contributed by atoms with van der Waals surface area (Å²) in [5.74, 6) is -0.690. The molecule has 3 N–H and O–H groups in total. The Bertz CT molecular complexity index is 2170. The smallest absolute Gasteiger partial charge is 0.272 e. The second-order valence-electron chi connectivity index (χ2n) is 13.5. The summed E-state index contributed by atoms with van der Waals surface area (Å²) >= 11 is 2.89. The largest absolute Gasteiger partial charge is 0.321 e. The molecule has 0 fully saturated rings. The van der Waals surface area contributed by atoms with Gasteiger partial charge in [0.25, 0.3) is 11.8 Å². The molecule has 10 heteroatoms. The number of nitriles is 1. The number of amides is 3. The normalized spacial score (nSPS) is 13.4. The van der Waals surface area contributed by atoms with Gasteiger partial charge in [-0.2, -0.15) is 5.26 Å². The Labute approximate surface area is 325 Å². The Morgan fingerprint density at radius 1 is 0.926 bits per heavy atom. The monoisotopic (exact) mass is 753 g/mol. The average molecular weight is 754 g/mol. The first-order valence-electron chi connectivity index (χ1n) is 18.1. The van der Waals surface area contributed by atoms with Gasteiger partial charge in [0, 0.05) is 40.7 Å². The van der Waals surface area contributed by atoms with Gasteiger partial charge in [0.15, 0.2) is 0 Å². The Hall–Kier alpha value is -5.47. The van der Waals surface area contributed by atoms with Gasteiger partial charge in [0.1, 0.15) is 16.8 Å². The number of hydrogen-bond acceptors (Lipinski definition) is 7. The van der Waals surface area contributed by atoms with Crippen LogP contribution in [0.25, 0.3) is 6.08 Å². The molecule has 0 spiro atoms. The molecule has 54 heavy (non-hydrogen) atoms. The van der Waals surface area contributed by atoms with E-state index in [4.69, 9.17) is 0 Å². The summed E-state index contributed by atoms with van der Waals surface area (Å²) in [6.45, 7) is 8.61. The number of carbonyl (C=O) groups excluding carboxylic acids is 3. The standard InChI is InChI=1S/C44H43N5O3S2/c1-4-39(43(52)48-44-37(26-45)36-22-23-49(28-40(36)54-44)27-31-12-7-5-8-13-31)53-35-17-11-16-34(25-35)46-42(51)38(47-41(50)33-14-9-6-10-15-33)24-30-18-20-32(21-19-30)29(2)3/h5-21,24-25,29,39H,4,22-23,27-28H2,1-3H3,(H,46,51)(H,47,50)(H,48,52)/b38-24+. The SMILES string of the molecule is CCC(Sc1cccc(NC(=O)/C(=C\c2ccc(C(C)C)cc2)NC(=O)c2ccccc2)c1)C(=O)Nc1sc2c(c1C#N)CCN(Cc1ccccc1)C2. The van der Waals surface area contributed by atoms with Gasteiger partial charge in [-0.05, 0) is 77.4 Å². The zero-order chi connectivity index (χ0) is 38.0. The molecular weight excluding hydrogens is 711 g/mol. The van der Waals surface area contributed by atoms with E-state index in [-0.39, 0.29) is 11.6 Å². The van der Waals surface area contributed by atoms with Crippen LogP contribution in [0.5, 0.6) is 0 Å². The number of rotatable bonds is 13. The summed E-state index contributed by atoms with van der Waals surface area (Å²) < 4.78 is 0. The van der Waals surface area contributed by atoms with Crippen LogP contribution in [0, 0.1) is 11.3 Å². The third-order valence-corrected chi connectivity index (χ3v) is 11.7. The van der Waals surface area contributed by atoms with E-state index in [0.717, 1.165) is 47.0 Å². The third-order valence-electron chi connectivity index (χ3n) is 9.21. The number of nitrogens with zero attached hydrogens (tertiary/aromatic N) is 2. The molecule has 0 saturated heterocycles. The first kappa shape index (κ1) is 38.3. The van der Waals surface area contributed by atoms with E-state index in [9.17, 15) is 19.6 Å². The molecular formula is C44H43N5O3S2. The van der Waals surface area contributed by atoms with Crippen LogP contribution in [0.3, 0.4) is 0 Å². The fourth-order valence-corrected chi connectivity index (χ4v) is 8.51. The van der Waals surface area contributed by atoms with E-state index >= 15 is 0 Å². The molecule has 0 radical (unpaired) electrons. The second-order valence-corrected chi connectivity index (χ2v) is 15.8. The lowest BCUT2D eigenvalue weighted by molar-refractivity contribution is -0.116. The highest BCUT2D eigenvalue weighted by Crippen LogP contribution is 2.38. The fraction of sp³-hybridized carbons (Fsp3) is 0.227. The van der Waals surface area contributed by atoms with Crippen LogP contribution in [0.1, 0.15) is 76.2 Å². The van der Waals surface area contributed by atoms with Crippen LogP contribution in [0.2, 0.25) is 0 Å². The van der Waals surface area contributed by atoms with Crippen LogP contribution in [-0.4, -0.2) is 34.4 Å². The lowest BCUT2D eigenvalue weighted by Crippen LogP contribution is -2.30. The minimum absolute atomic E-state index is 0.0974. The highest BCUT2D eigenvalue weighted by molar-refractivity contribution is 8.00. The third kappa shape index (κ3) is 9.74. The minimum atomic E-state index is -0.479. The Morgan fingerprint density at radius 3 is 2.33 bits per heavy atom. The topological polar surface area (TPSA) is 114 Å². The Kier molecular flexibility index (Phi) is 12.8. The van der Waals surface area contributed by atoms with Crippen LogP contribution in [0.4, 0.5) is 10.7 Å². The quantitative estimate of drug-likeness (QED) is 0.0816. The maximum Gasteiger partial charge on any atom is 0.272 e. The van der Waals surface area contributed by atoms with Crippen molar-refractivity contribution in [2.24, 2.45) is 0 Å². The first-order valence-corrected chi connectivity index (χ1v) is 19.8. The number of hydrogen-bond donors (Lipinski definition) is 3. The van der Waals surface area contributed by atoms with Crippen molar-refractivity contribution in [1.82, 2.24) is 10.2 Å². The van der Waals surface area contributed by atoms with Crippen LogP contribution in [0.15, 0.2) is 120 Å². The van der Waals surface area contributed by atoms with Crippen molar-refractivity contribution < 1.29 is 14.4 Å². The van der Waals surface area contributed by atoms with E-state index in [1.165, 1.54) is 34.2 Å². The molecule has 0 saturated carbocycles. The van der Waals surface area contributed by atoms with Gasteiger partial charge >= 0.3 is 0 Å². The average Bonchev–Trinajstić information content (AvgIpc) is 3.53. The molecule has 0 aliphatic carbocycles. The van der Waals surface area contributed by atoms with Gasteiger partial charge < -0.3 is 16.0 Å². The lowest BCUT2D eigenvalue weighted by Gasteiger charge is -2.26. The van der Waals surface area contributed by atoms with Gasteiger partial charge in [-0.25, -0.2) is 0 Å². The lowest BCUT2D eigenvalue weighted by atomic mass is 10.0. The predicted octanol–water partition coefficient (Wildman–Crippen LogP) is 9.22. The number of thioether (sulfide) groups is 1. The summed E-state index contributed by atoms with van der Waals surface area (Å²) in [5.41, 5.74) is 5.84. The van der Waals surface area contributed by atoms with Crippen molar-refractivity contribution in [1.29, 1.82) is 5.26 Å². The van der Waals surface area contributed by atoms with Crippen LogP contribution in [-0.2, 0) is 29.1 Å². The van der Waals surface area contributed by atoms with E-state index in [1.807, 2.05) is 73.7 Å². The Balaban J connectivity index is 1.14. The first-order chi connectivity index (χ1) is 26.2. The van der Waals surface area contributed by atoms with Gasteiger partial charge in [-0.15, -0.1) is 23.1 Å². The fourth-order valence-electron chi connectivity index (χ4n) is 6.25. The van der Waals surface area contributed by atoms with E-state index < -0.39 is 17.1 Å². The van der Waals surface area contributed by atoms with E-state index in [1.54, 1.807) is 36.4 Å². The number of nitrogens with one attached hydrogen (secondary N) is 3. The molecule has 1 aliphatic rings. The highest BCUT2D eigenvalue weighted by atomic mass is 32.2. The molecule has 1 unspecified atom stereocenters. The molecule has 4 aromatic carbocycles. The summed E-state index contributed by atoms with van der Waals surface area (Å²) in [6.07, 6.45) is 2.98. The van der Waals surface area contributed by atoms with Crippen molar-refractivity contribution in [2.45, 2.75) is 62.8 Å². The maximum absolute atomic E-state index is 13.7. The molecule has 3 amide bonds. The van der Waals surface area contributed by atoms with Crippen molar-refractivity contribution in [3.63, 3.8) is 0 Å². The number of thiophene rings is 1. The number of benzene rings is 4.